The van der Waals surface area contributed by atoms with Gasteiger partial charge in [-0.25, -0.2) is 0 Å². The van der Waals surface area contributed by atoms with Crippen molar-refractivity contribution < 1.29 is 9.53 Å². The van der Waals surface area contributed by atoms with Gasteiger partial charge < -0.3 is 15.0 Å². The second-order valence-corrected chi connectivity index (χ2v) is 8.22. The number of nitrogens with zero attached hydrogens (tertiary/aromatic N) is 5. The number of piperidine rings is 1. The molecule has 1 aliphatic heterocycles. The highest BCUT2D eigenvalue weighted by atomic mass is 32.1. The minimum Gasteiger partial charge on any atom is -0.497 e. The average Bonchev–Trinajstić information content (AvgIpc) is 3.34. The van der Waals surface area contributed by atoms with Gasteiger partial charge in [-0.3, -0.25) is 4.79 Å². The molecule has 1 fully saturated rings. The number of benzene rings is 2. The van der Waals surface area contributed by atoms with Crippen molar-refractivity contribution >= 4 is 40.2 Å². The molecule has 0 bridgehead atoms. The Morgan fingerprint density at radius 3 is 2.56 bits per heavy atom. The highest BCUT2D eigenvalue weighted by Gasteiger charge is 2.26. The van der Waals surface area contributed by atoms with Crippen molar-refractivity contribution in [2.45, 2.75) is 12.8 Å². The van der Waals surface area contributed by atoms with Crippen LogP contribution in [0.15, 0.2) is 54.6 Å². The average molecular weight is 447 g/mol. The first-order chi connectivity index (χ1) is 15.7. The molecule has 8 nitrogen and oxygen atoms in total. The Morgan fingerprint density at radius 1 is 1.03 bits per heavy atom. The highest BCUT2D eigenvalue weighted by molar-refractivity contribution is 7.00. The van der Waals surface area contributed by atoms with E-state index in [1.54, 1.807) is 7.11 Å². The fourth-order valence-corrected chi connectivity index (χ4v) is 4.47. The Bertz CT molecular complexity index is 1220. The van der Waals surface area contributed by atoms with E-state index in [-0.39, 0.29) is 11.8 Å². The summed E-state index contributed by atoms with van der Waals surface area (Å²) >= 11 is 1.15. The number of fused-ring (bicyclic) bond motifs is 1. The lowest BCUT2D eigenvalue weighted by molar-refractivity contribution is -0.120. The van der Waals surface area contributed by atoms with Crippen LogP contribution >= 0.6 is 11.7 Å². The number of carbonyl (C=O) groups is 1. The fraction of sp³-hybridized carbons (Fsp3) is 0.261. The topological polar surface area (TPSA) is 93.1 Å². The summed E-state index contributed by atoms with van der Waals surface area (Å²) in [7, 11) is 1.65. The quantitative estimate of drug-likeness (QED) is 0.495. The molecular weight excluding hydrogens is 424 g/mol. The lowest BCUT2D eigenvalue weighted by atomic mass is 9.95. The van der Waals surface area contributed by atoms with Gasteiger partial charge in [0, 0.05) is 24.6 Å². The summed E-state index contributed by atoms with van der Waals surface area (Å²) in [5, 5.41) is 11.8. The fourth-order valence-electron chi connectivity index (χ4n) is 3.92. The van der Waals surface area contributed by atoms with E-state index in [0.717, 1.165) is 77.2 Å². The van der Waals surface area contributed by atoms with E-state index >= 15 is 0 Å². The van der Waals surface area contributed by atoms with Crippen LogP contribution in [0.5, 0.6) is 5.75 Å². The predicted octanol–water partition coefficient (Wildman–Crippen LogP) is 4.01. The first-order valence-electron chi connectivity index (χ1n) is 10.5. The standard InChI is InChI=1S/C23H22N6O2S/c1-31-17-7-5-15(6-8-17)18-9-10-21(26-25-18)29-13-11-16(12-14-29)23(30)24-19-3-2-4-20-22(19)28-32-27-20/h2-10,16H,11-14H2,1H3,(H,24,30). The maximum Gasteiger partial charge on any atom is 0.227 e. The molecule has 4 aromatic rings. The lowest BCUT2D eigenvalue weighted by Crippen LogP contribution is -2.38. The number of aromatic nitrogens is 4. The molecule has 0 saturated carbocycles. The van der Waals surface area contributed by atoms with Crippen LogP contribution in [-0.2, 0) is 4.79 Å². The third kappa shape index (κ3) is 4.11. The van der Waals surface area contributed by atoms with Crippen LogP contribution in [0.4, 0.5) is 11.5 Å². The summed E-state index contributed by atoms with van der Waals surface area (Å²) in [5.74, 6) is 1.63. The molecule has 2 aromatic carbocycles. The molecule has 5 rings (SSSR count). The first-order valence-corrected chi connectivity index (χ1v) is 11.2. The Labute approximate surface area is 189 Å². The number of anilines is 2. The molecule has 1 N–H and O–H groups in total. The third-order valence-corrected chi connectivity index (χ3v) is 6.31. The predicted molar refractivity (Wildman–Crippen MR) is 125 cm³/mol. The van der Waals surface area contributed by atoms with E-state index in [9.17, 15) is 4.79 Å². The van der Waals surface area contributed by atoms with Crippen LogP contribution in [0.25, 0.3) is 22.3 Å². The molecule has 0 atom stereocenters. The Kier molecular flexibility index (Phi) is 5.64. The molecule has 1 aliphatic rings. The van der Waals surface area contributed by atoms with Crippen molar-refractivity contribution in [1.29, 1.82) is 0 Å². The maximum atomic E-state index is 12.8. The van der Waals surface area contributed by atoms with E-state index < -0.39 is 0 Å². The molecule has 0 unspecified atom stereocenters. The van der Waals surface area contributed by atoms with Crippen LogP contribution in [0.2, 0.25) is 0 Å². The Morgan fingerprint density at radius 2 is 1.84 bits per heavy atom. The molecule has 0 aliphatic carbocycles. The second kappa shape index (κ2) is 8.88. The van der Waals surface area contributed by atoms with Gasteiger partial charge in [-0.15, -0.1) is 10.2 Å². The van der Waals surface area contributed by atoms with Gasteiger partial charge in [0.15, 0.2) is 5.82 Å². The zero-order valence-electron chi connectivity index (χ0n) is 17.6. The van der Waals surface area contributed by atoms with Crippen LogP contribution in [0, 0.1) is 5.92 Å². The van der Waals surface area contributed by atoms with Crippen LogP contribution in [-0.4, -0.2) is 45.1 Å². The van der Waals surface area contributed by atoms with Crippen molar-refractivity contribution in [3.05, 3.63) is 54.6 Å². The number of hydrogen-bond acceptors (Lipinski definition) is 8. The molecule has 1 amide bonds. The highest BCUT2D eigenvalue weighted by Crippen LogP contribution is 2.27. The number of ether oxygens (including phenoxy) is 1. The van der Waals surface area contributed by atoms with Crippen molar-refractivity contribution in [1.82, 2.24) is 18.9 Å². The molecule has 2 aromatic heterocycles. The lowest BCUT2D eigenvalue weighted by Gasteiger charge is -2.31. The molecule has 0 radical (unpaired) electrons. The van der Waals surface area contributed by atoms with Gasteiger partial charge in [-0.1, -0.05) is 6.07 Å². The van der Waals surface area contributed by atoms with Crippen LogP contribution in [0.1, 0.15) is 12.8 Å². The number of hydrogen-bond donors (Lipinski definition) is 1. The van der Waals surface area contributed by atoms with Crippen molar-refractivity contribution in [2.75, 3.05) is 30.4 Å². The Balaban J connectivity index is 1.19. The monoisotopic (exact) mass is 446 g/mol. The summed E-state index contributed by atoms with van der Waals surface area (Å²) in [4.78, 5) is 15.0. The van der Waals surface area contributed by atoms with Crippen LogP contribution < -0.4 is 15.0 Å². The van der Waals surface area contributed by atoms with Gasteiger partial charge in [0.2, 0.25) is 5.91 Å². The summed E-state index contributed by atoms with van der Waals surface area (Å²) in [6, 6.07) is 17.4. The Hall–Kier alpha value is -3.59. The number of carbonyl (C=O) groups excluding carboxylic acids is 1. The van der Waals surface area contributed by atoms with E-state index in [1.807, 2.05) is 54.6 Å². The smallest absolute Gasteiger partial charge is 0.227 e. The normalized spacial score (nSPS) is 14.5. The van der Waals surface area contributed by atoms with Gasteiger partial charge in [0.1, 0.15) is 16.8 Å². The largest absolute Gasteiger partial charge is 0.497 e. The van der Waals surface area contributed by atoms with Crippen molar-refractivity contribution in [2.24, 2.45) is 5.92 Å². The molecule has 9 heteroatoms. The minimum atomic E-state index is -0.0420. The summed E-state index contributed by atoms with van der Waals surface area (Å²) < 4.78 is 13.7. The van der Waals surface area contributed by atoms with Gasteiger partial charge in [0.25, 0.3) is 0 Å². The second-order valence-electron chi connectivity index (χ2n) is 7.69. The van der Waals surface area contributed by atoms with Gasteiger partial charge in [-0.2, -0.15) is 8.75 Å². The molecule has 1 saturated heterocycles. The summed E-state index contributed by atoms with van der Waals surface area (Å²) in [6.07, 6.45) is 1.53. The van der Waals surface area contributed by atoms with E-state index in [4.69, 9.17) is 4.74 Å². The molecule has 0 spiro atoms. The number of rotatable bonds is 5. The first kappa shape index (κ1) is 20.3. The maximum absolute atomic E-state index is 12.8. The molecule has 162 valence electrons. The van der Waals surface area contributed by atoms with Gasteiger partial charge in [0.05, 0.1) is 30.2 Å². The molecule has 3 heterocycles. The van der Waals surface area contributed by atoms with Crippen molar-refractivity contribution in [3.8, 4) is 17.0 Å². The zero-order valence-corrected chi connectivity index (χ0v) is 18.4. The van der Waals surface area contributed by atoms with Gasteiger partial charge >= 0.3 is 0 Å². The summed E-state index contributed by atoms with van der Waals surface area (Å²) in [5.41, 5.74) is 4.08. The van der Waals surface area contributed by atoms with Gasteiger partial charge in [-0.05, 0) is 61.4 Å². The van der Waals surface area contributed by atoms with Crippen LogP contribution in [0.3, 0.4) is 0 Å². The van der Waals surface area contributed by atoms with Crippen molar-refractivity contribution in [3.63, 3.8) is 0 Å². The summed E-state index contributed by atoms with van der Waals surface area (Å²) in [6.45, 7) is 1.52. The third-order valence-electron chi connectivity index (χ3n) is 5.77. The van der Waals surface area contributed by atoms with E-state index in [0.29, 0.717) is 0 Å². The molecular formula is C23H22N6O2S. The number of nitrogens with one attached hydrogen (secondary N) is 1. The number of methoxy groups -OCH3 is 1. The van der Waals surface area contributed by atoms with E-state index in [1.165, 1.54) is 0 Å². The minimum absolute atomic E-state index is 0.0334. The SMILES string of the molecule is COc1ccc(-c2ccc(N3CCC(C(=O)Nc4cccc5nsnc45)CC3)nn2)cc1. The molecule has 32 heavy (non-hydrogen) atoms. The van der Waals surface area contributed by atoms with E-state index in [2.05, 4.69) is 29.2 Å². The number of amides is 1. The zero-order chi connectivity index (χ0) is 21.9.